The van der Waals surface area contributed by atoms with E-state index in [4.69, 9.17) is 4.74 Å². The van der Waals surface area contributed by atoms with Crippen LogP contribution in [0.1, 0.15) is 34.9 Å². The summed E-state index contributed by atoms with van der Waals surface area (Å²) >= 11 is -1.38. The third kappa shape index (κ3) is 7.60. The fourth-order valence-electron chi connectivity index (χ4n) is 3.54. The molecule has 180 valence electrons. The lowest BCUT2D eigenvalue weighted by atomic mass is 10.1. The normalized spacial score (nSPS) is 12.7. The summed E-state index contributed by atoms with van der Waals surface area (Å²) in [5, 5.41) is 13.9. The van der Waals surface area contributed by atoms with E-state index < -0.39 is 23.2 Å². The number of aliphatic hydroxyl groups excluding tert-OH is 1. The molecule has 2 unspecified atom stereocenters. The van der Waals surface area contributed by atoms with Crippen LogP contribution in [0, 0.1) is 0 Å². The van der Waals surface area contributed by atoms with Gasteiger partial charge in [-0.05, 0) is 66.5 Å². The molecule has 7 heteroatoms. The van der Waals surface area contributed by atoms with Crippen LogP contribution in [-0.4, -0.2) is 48.6 Å². The van der Waals surface area contributed by atoms with Gasteiger partial charge < -0.3 is 24.6 Å². The molecule has 3 aromatic carbocycles. The van der Waals surface area contributed by atoms with Crippen LogP contribution >= 0.6 is 0 Å². The van der Waals surface area contributed by atoms with Crippen LogP contribution in [0.2, 0.25) is 0 Å². The topological polar surface area (TPSA) is 84.9 Å². The quantitative estimate of drug-likeness (QED) is 0.175. The Morgan fingerprint density at radius 3 is 2.41 bits per heavy atom. The van der Waals surface area contributed by atoms with Crippen molar-refractivity contribution in [2.24, 2.45) is 0 Å². The molecule has 3 aromatic rings. The molecule has 0 saturated carbocycles. The third-order valence-corrected chi connectivity index (χ3v) is 6.44. The Morgan fingerprint density at radius 1 is 1.06 bits per heavy atom. The number of aliphatic hydroxyl groups is 1. The average molecular weight is 481 g/mol. The number of nitrogens with one attached hydrogen (secondary N) is 1. The van der Waals surface area contributed by atoms with E-state index in [9.17, 15) is 14.5 Å². The highest BCUT2D eigenvalue weighted by Crippen LogP contribution is 2.28. The fourth-order valence-corrected chi connectivity index (χ4v) is 4.24. The Labute approximate surface area is 204 Å². The number of rotatable bonds is 12. The number of nitrogens with zero attached hydrogens (tertiary/aromatic N) is 1. The number of benzene rings is 3. The van der Waals surface area contributed by atoms with Crippen molar-refractivity contribution in [1.82, 2.24) is 5.32 Å². The van der Waals surface area contributed by atoms with Gasteiger partial charge in [-0.2, -0.15) is 0 Å². The molecule has 0 heterocycles. The van der Waals surface area contributed by atoms with Crippen LogP contribution in [0.4, 0.5) is 5.69 Å². The van der Waals surface area contributed by atoms with E-state index in [2.05, 4.69) is 29.4 Å². The lowest BCUT2D eigenvalue weighted by molar-refractivity contribution is 0.0730. The summed E-state index contributed by atoms with van der Waals surface area (Å²) in [6, 6.07) is 23.9. The SMILES string of the molecule is CN(CCCCNCC(O)c1ccc(OC(=O)c2ccccc2)c([S+](C)[O-])c1)c1ccccc1. The van der Waals surface area contributed by atoms with Crippen molar-refractivity contribution in [3.05, 3.63) is 90.0 Å². The highest BCUT2D eigenvalue weighted by molar-refractivity contribution is 7.90. The Balaban J connectivity index is 1.47. The molecule has 3 rings (SSSR count). The molecule has 0 spiro atoms. The molecule has 0 amide bonds. The minimum absolute atomic E-state index is 0.237. The van der Waals surface area contributed by atoms with E-state index in [-0.39, 0.29) is 5.75 Å². The second-order valence-corrected chi connectivity index (χ2v) is 9.45. The van der Waals surface area contributed by atoms with Crippen molar-refractivity contribution in [2.45, 2.75) is 23.8 Å². The molecule has 6 nitrogen and oxygen atoms in total. The Bertz CT molecular complexity index is 1030. The van der Waals surface area contributed by atoms with Crippen molar-refractivity contribution in [3.8, 4) is 5.75 Å². The first-order chi connectivity index (χ1) is 16.5. The van der Waals surface area contributed by atoms with Crippen molar-refractivity contribution < 1.29 is 19.2 Å². The van der Waals surface area contributed by atoms with Gasteiger partial charge in [-0.15, -0.1) is 0 Å². The number of unbranched alkanes of at least 4 members (excludes halogenated alkanes) is 1. The minimum Gasteiger partial charge on any atom is -0.612 e. The predicted octanol–water partition coefficient (Wildman–Crippen LogP) is 4.18. The van der Waals surface area contributed by atoms with E-state index in [1.54, 1.807) is 42.5 Å². The van der Waals surface area contributed by atoms with Gasteiger partial charge in [-0.1, -0.05) is 42.5 Å². The number of hydrogen-bond acceptors (Lipinski definition) is 6. The lowest BCUT2D eigenvalue weighted by Crippen LogP contribution is -2.24. The molecule has 0 saturated heterocycles. The summed E-state index contributed by atoms with van der Waals surface area (Å²) in [5.41, 5.74) is 2.24. The van der Waals surface area contributed by atoms with Crippen LogP contribution in [0.25, 0.3) is 0 Å². The Hall–Kier alpha value is -2.84. The number of para-hydroxylation sites is 1. The van der Waals surface area contributed by atoms with Gasteiger partial charge in [-0.25, -0.2) is 4.79 Å². The fraction of sp³-hybridized carbons (Fsp3) is 0.296. The molecule has 0 aliphatic heterocycles. The molecule has 0 aromatic heterocycles. The maximum atomic E-state index is 12.4. The molecular formula is C27H32N2O4S. The second kappa shape index (κ2) is 13.2. The first-order valence-corrected chi connectivity index (χ1v) is 12.9. The lowest BCUT2D eigenvalue weighted by Gasteiger charge is -2.19. The van der Waals surface area contributed by atoms with Crippen LogP contribution in [0.15, 0.2) is 83.8 Å². The molecule has 2 atom stereocenters. The van der Waals surface area contributed by atoms with E-state index in [1.807, 2.05) is 24.3 Å². The van der Waals surface area contributed by atoms with E-state index in [0.29, 0.717) is 22.6 Å². The number of anilines is 1. The molecule has 0 fully saturated rings. The summed E-state index contributed by atoms with van der Waals surface area (Å²) in [5.74, 6) is -0.277. The summed E-state index contributed by atoms with van der Waals surface area (Å²) in [6.45, 7) is 2.13. The van der Waals surface area contributed by atoms with E-state index in [1.165, 1.54) is 11.9 Å². The van der Waals surface area contributed by atoms with Crippen LogP contribution < -0.4 is 15.0 Å². The standard InChI is InChI=1S/C27H32N2O4S/c1-29(23-13-7-4-8-14-23)18-10-9-17-28-20-24(30)22-15-16-25(26(19-22)34(2)32)33-27(31)21-11-5-3-6-12-21/h3-8,11-16,19,24,28,30H,9-10,17-18,20H2,1-2H3. The number of carbonyl (C=O) groups excluding carboxylic acids is 1. The number of hydrogen-bond donors (Lipinski definition) is 2. The van der Waals surface area contributed by atoms with Crippen LogP contribution in [0.3, 0.4) is 0 Å². The van der Waals surface area contributed by atoms with E-state index >= 15 is 0 Å². The zero-order chi connectivity index (χ0) is 24.3. The molecule has 0 aliphatic rings. The van der Waals surface area contributed by atoms with Crippen LogP contribution in [-0.2, 0) is 11.2 Å². The first kappa shape index (κ1) is 25.8. The molecule has 0 radical (unpaired) electrons. The minimum atomic E-state index is -1.38. The van der Waals surface area contributed by atoms with Crippen molar-refractivity contribution >= 4 is 22.8 Å². The van der Waals surface area contributed by atoms with Crippen LogP contribution in [0.5, 0.6) is 5.75 Å². The van der Waals surface area contributed by atoms with Gasteiger partial charge in [0.2, 0.25) is 0 Å². The molecule has 0 aliphatic carbocycles. The van der Waals surface area contributed by atoms with Gasteiger partial charge in [0.25, 0.3) is 0 Å². The summed E-state index contributed by atoms with van der Waals surface area (Å²) < 4.78 is 17.7. The van der Waals surface area contributed by atoms with E-state index in [0.717, 1.165) is 25.9 Å². The van der Waals surface area contributed by atoms with Gasteiger partial charge in [0.15, 0.2) is 10.6 Å². The number of esters is 1. The second-order valence-electron chi connectivity index (χ2n) is 8.10. The van der Waals surface area contributed by atoms with Gasteiger partial charge in [0.05, 0.1) is 11.7 Å². The summed E-state index contributed by atoms with van der Waals surface area (Å²) in [7, 11) is 2.09. The van der Waals surface area contributed by atoms with Crippen molar-refractivity contribution in [1.29, 1.82) is 0 Å². The molecule has 0 bridgehead atoms. The Morgan fingerprint density at radius 2 is 1.74 bits per heavy atom. The largest absolute Gasteiger partial charge is 0.612 e. The smallest absolute Gasteiger partial charge is 0.343 e. The molecular weight excluding hydrogens is 448 g/mol. The Kier molecular flexibility index (Phi) is 9.97. The zero-order valence-electron chi connectivity index (χ0n) is 19.6. The monoisotopic (exact) mass is 480 g/mol. The first-order valence-electron chi connectivity index (χ1n) is 11.4. The molecule has 34 heavy (non-hydrogen) atoms. The third-order valence-electron chi connectivity index (χ3n) is 5.51. The summed E-state index contributed by atoms with van der Waals surface area (Å²) in [6.07, 6.45) is 2.79. The maximum absolute atomic E-state index is 12.4. The average Bonchev–Trinajstić information content (AvgIpc) is 2.86. The maximum Gasteiger partial charge on any atom is 0.343 e. The predicted molar refractivity (Wildman–Crippen MR) is 137 cm³/mol. The molecule has 2 N–H and O–H groups in total. The van der Waals surface area contributed by atoms with Crippen molar-refractivity contribution in [3.63, 3.8) is 0 Å². The highest BCUT2D eigenvalue weighted by atomic mass is 32.2. The zero-order valence-corrected chi connectivity index (χ0v) is 20.5. The summed E-state index contributed by atoms with van der Waals surface area (Å²) in [4.78, 5) is 15.0. The van der Waals surface area contributed by atoms with Gasteiger partial charge in [-0.3, -0.25) is 0 Å². The highest BCUT2D eigenvalue weighted by Gasteiger charge is 2.20. The number of ether oxygens (including phenoxy) is 1. The van der Waals surface area contributed by atoms with Gasteiger partial charge in [0.1, 0.15) is 6.26 Å². The van der Waals surface area contributed by atoms with Gasteiger partial charge in [0, 0.05) is 31.9 Å². The van der Waals surface area contributed by atoms with Gasteiger partial charge >= 0.3 is 5.97 Å². The number of carbonyl (C=O) groups is 1. The van der Waals surface area contributed by atoms with Crippen molar-refractivity contribution in [2.75, 3.05) is 37.8 Å².